The van der Waals surface area contributed by atoms with Gasteiger partial charge in [-0.1, -0.05) is 0 Å². The molecular formula is C8H14O3. The molecule has 0 aliphatic heterocycles. The van der Waals surface area contributed by atoms with Crippen molar-refractivity contribution in [3.05, 3.63) is 0 Å². The zero-order valence-corrected chi connectivity index (χ0v) is 6.94. The van der Waals surface area contributed by atoms with Gasteiger partial charge in [-0.05, 0) is 20.3 Å². The third kappa shape index (κ3) is 1.66. The minimum Gasteiger partial charge on any atom is -0.412 e. The quantitative estimate of drug-likeness (QED) is 0.482. The van der Waals surface area contributed by atoms with Crippen molar-refractivity contribution in [2.45, 2.75) is 33.1 Å². The van der Waals surface area contributed by atoms with Gasteiger partial charge >= 0.3 is 0 Å². The van der Waals surface area contributed by atoms with E-state index in [0.717, 1.165) is 6.42 Å². The second kappa shape index (κ2) is 3.13. The van der Waals surface area contributed by atoms with Gasteiger partial charge in [0.15, 0.2) is 0 Å². The summed E-state index contributed by atoms with van der Waals surface area (Å²) in [6.45, 7) is 3.44. The van der Waals surface area contributed by atoms with Gasteiger partial charge in [-0.15, -0.1) is 0 Å². The largest absolute Gasteiger partial charge is 0.412 e. The van der Waals surface area contributed by atoms with Crippen LogP contribution in [0.3, 0.4) is 0 Å². The van der Waals surface area contributed by atoms with E-state index in [4.69, 9.17) is 0 Å². The van der Waals surface area contributed by atoms with Crippen molar-refractivity contribution in [3.8, 4) is 0 Å². The average molecular weight is 158 g/mol. The van der Waals surface area contributed by atoms with Gasteiger partial charge in [0.05, 0.1) is 5.41 Å². The Kier molecular flexibility index (Phi) is 2.93. The first-order valence-corrected chi connectivity index (χ1v) is 3.62. The summed E-state index contributed by atoms with van der Waals surface area (Å²) in [7, 11) is 0. The topological polar surface area (TPSA) is 65.6 Å². The molecule has 0 aromatic heterocycles. The zero-order chi connectivity index (χ0) is 7.78. The van der Waals surface area contributed by atoms with Crippen molar-refractivity contribution in [1.82, 2.24) is 0 Å². The number of hydrogen-bond acceptors (Lipinski definition) is 2. The van der Waals surface area contributed by atoms with Crippen molar-refractivity contribution < 1.29 is 15.1 Å². The maximum absolute atomic E-state index is 11.1. The van der Waals surface area contributed by atoms with E-state index < -0.39 is 5.41 Å². The van der Waals surface area contributed by atoms with Gasteiger partial charge in [-0.25, -0.2) is 0 Å². The van der Waals surface area contributed by atoms with Crippen LogP contribution in [-0.2, 0) is 9.59 Å². The summed E-state index contributed by atoms with van der Waals surface area (Å²) in [5, 5.41) is 0. The molecule has 3 nitrogen and oxygen atoms in total. The molecule has 0 unspecified atom stereocenters. The van der Waals surface area contributed by atoms with Crippen molar-refractivity contribution >= 4 is 11.6 Å². The SMILES string of the molecule is CC1(C)C(=O)CCCC1=O.O. The first kappa shape index (κ1) is 10.3. The molecule has 0 heterocycles. The fraction of sp³-hybridized carbons (Fsp3) is 0.750. The van der Waals surface area contributed by atoms with Crippen LogP contribution < -0.4 is 0 Å². The summed E-state index contributed by atoms with van der Waals surface area (Å²) in [6.07, 6.45) is 1.92. The fourth-order valence-electron chi connectivity index (χ4n) is 1.19. The zero-order valence-electron chi connectivity index (χ0n) is 6.94. The van der Waals surface area contributed by atoms with E-state index in [1.807, 2.05) is 0 Å². The van der Waals surface area contributed by atoms with Crippen molar-refractivity contribution in [1.29, 1.82) is 0 Å². The Balaban J connectivity index is 0.000001000. The molecule has 1 rings (SSSR count). The van der Waals surface area contributed by atoms with Crippen molar-refractivity contribution in [2.75, 3.05) is 0 Å². The van der Waals surface area contributed by atoms with Crippen LogP contribution in [0.5, 0.6) is 0 Å². The summed E-state index contributed by atoms with van der Waals surface area (Å²) in [6, 6.07) is 0. The smallest absolute Gasteiger partial charge is 0.145 e. The first-order chi connectivity index (χ1) is 4.55. The number of carbonyl (C=O) groups is 2. The number of Topliss-reactive ketones (excluding diaryl/α,β-unsaturated/α-hetero) is 2. The average Bonchev–Trinajstić information content (AvgIpc) is 1.84. The van der Waals surface area contributed by atoms with E-state index in [1.165, 1.54) is 0 Å². The highest BCUT2D eigenvalue weighted by Gasteiger charge is 2.37. The lowest BCUT2D eigenvalue weighted by Gasteiger charge is -2.25. The number of rotatable bonds is 0. The van der Waals surface area contributed by atoms with E-state index in [0.29, 0.717) is 12.8 Å². The Morgan fingerprint density at radius 1 is 1.09 bits per heavy atom. The summed E-state index contributed by atoms with van der Waals surface area (Å²) >= 11 is 0. The molecule has 3 heteroatoms. The third-order valence-corrected chi connectivity index (χ3v) is 2.20. The van der Waals surface area contributed by atoms with Crippen LogP contribution in [-0.4, -0.2) is 17.0 Å². The van der Waals surface area contributed by atoms with Crippen LogP contribution in [0.25, 0.3) is 0 Å². The molecule has 0 saturated heterocycles. The summed E-state index contributed by atoms with van der Waals surface area (Å²) in [5.74, 6) is 0.201. The molecule has 0 amide bonds. The molecule has 64 valence electrons. The molecule has 1 fully saturated rings. The van der Waals surface area contributed by atoms with Crippen molar-refractivity contribution in [3.63, 3.8) is 0 Å². The number of hydrogen-bond donors (Lipinski definition) is 0. The molecule has 2 N–H and O–H groups in total. The van der Waals surface area contributed by atoms with Gasteiger partial charge in [-0.2, -0.15) is 0 Å². The van der Waals surface area contributed by atoms with Crippen LogP contribution in [0.4, 0.5) is 0 Å². The molecule has 0 aromatic rings. The van der Waals surface area contributed by atoms with E-state index in [9.17, 15) is 9.59 Å². The minimum atomic E-state index is -0.682. The van der Waals surface area contributed by atoms with Gasteiger partial charge in [-0.3, -0.25) is 9.59 Å². The van der Waals surface area contributed by atoms with Gasteiger partial charge < -0.3 is 5.48 Å². The molecule has 0 radical (unpaired) electrons. The monoisotopic (exact) mass is 158 g/mol. The Morgan fingerprint density at radius 2 is 1.45 bits per heavy atom. The molecule has 0 spiro atoms. The Labute approximate surface area is 66.1 Å². The minimum absolute atomic E-state index is 0. The maximum Gasteiger partial charge on any atom is 0.145 e. The van der Waals surface area contributed by atoms with Crippen LogP contribution >= 0.6 is 0 Å². The standard InChI is InChI=1S/C8H12O2.H2O/c1-8(2)6(9)4-3-5-7(8)10;/h3-5H2,1-2H3;1H2. The summed E-state index contributed by atoms with van der Waals surface area (Å²) in [5.41, 5.74) is -0.682. The van der Waals surface area contributed by atoms with Crippen LogP contribution in [0, 0.1) is 5.41 Å². The van der Waals surface area contributed by atoms with E-state index in [1.54, 1.807) is 13.8 Å². The Hall–Kier alpha value is -0.700. The molecule has 0 bridgehead atoms. The van der Waals surface area contributed by atoms with Crippen LogP contribution in [0.15, 0.2) is 0 Å². The van der Waals surface area contributed by atoms with Crippen LogP contribution in [0.2, 0.25) is 0 Å². The van der Waals surface area contributed by atoms with Gasteiger partial charge in [0.25, 0.3) is 0 Å². The highest BCUT2D eigenvalue weighted by Crippen LogP contribution is 2.28. The Bertz CT molecular complexity index is 164. The third-order valence-electron chi connectivity index (χ3n) is 2.20. The van der Waals surface area contributed by atoms with Gasteiger partial charge in [0, 0.05) is 12.8 Å². The predicted molar refractivity (Wildman–Crippen MR) is 41.3 cm³/mol. The molecule has 1 aliphatic carbocycles. The second-order valence-electron chi connectivity index (χ2n) is 3.32. The molecule has 1 saturated carbocycles. The fourth-order valence-corrected chi connectivity index (χ4v) is 1.19. The van der Waals surface area contributed by atoms with Crippen LogP contribution in [0.1, 0.15) is 33.1 Å². The maximum atomic E-state index is 11.1. The second-order valence-corrected chi connectivity index (χ2v) is 3.32. The summed E-state index contributed by atoms with van der Waals surface area (Å²) < 4.78 is 0. The molecular weight excluding hydrogens is 144 g/mol. The molecule has 0 atom stereocenters. The van der Waals surface area contributed by atoms with E-state index in [-0.39, 0.29) is 17.0 Å². The lowest BCUT2D eigenvalue weighted by atomic mass is 9.75. The number of carbonyl (C=O) groups excluding carboxylic acids is 2. The molecule has 1 aliphatic rings. The van der Waals surface area contributed by atoms with Crippen molar-refractivity contribution in [2.24, 2.45) is 5.41 Å². The molecule has 0 aromatic carbocycles. The normalized spacial score (nSPS) is 22.7. The van der Waals surface area contributed by atoms with E-state index >= 15 is 0 Å². The lowest BCUT2D eigenvalue weighted by Crippen LogP contribution is -2.36. The number of ketones is 2. The highest BCUT2D eigenvalue weighted by molar-refractivity contribution is 6.07. The van der Waals surface area contributed by atoms with Gasteiger partial charge in [0.1, 0.15) is 11.6 Å². The highest BCUT2D eigenvalue weighted by atomic mass is 16.2. The van der Waals surface area contributed by atoms with E-state index in [2.05, 4.69) is 0 Å². The Morgan fingerprint density at radius 3 is 1.73 bits per heavy atom. The molecule has 11 heavy (non-hydrogen) atoms. The predicted octanol–water partition coefficient (Wildman–Crippen LogP) is 0.510. The first-order valence-electron chi connectivity index (χ1n) is 3.62. The van der Waals surface area contributed by atoms with Gasteiger partial charge in [0.2, 0.25) is 0 Å². The lowest BCUT2D eigenvalue weighted by molar-refractivity contribution is -0.141. The summed E-state index contributed by atoms with van der Waals surface area (Å²) in [4.78, 5) is 22.2.